The lowest BCUT2D eigenvalue weighted by Gasteiger charge is -2.13. The van der Waals surface area contributed by atoms with Gasteiger partial charge in [0.05, 0.1) is 6.61 Å². The van der Waals surface area contributed by atoms with E-state index in [-0.39, 0.29) is 0 Å². The molecule has 1 rings (SSSR count). The Bertz CT molecular complexity index is 334. The minimum absolute atomic E-state index is 0.593. The van der Waals surface area contributed by atoms with Crippen molar-refractivity contribution in [3.05, 3.63) is 29.8 Å². The summed E-state index contributed by atoms with van der Waals surface area (Å²) in [6.45, 7) is 8.60. The fourth-order valence-corrected chi connectivity index (χ4v) is 2.21. The highest BCUT2D eigenvalue weighted by atomic mass is 16.5. The van der Waals surface area contributed by atoms with Crippen molar-refractivity contribution in [1.82, 2.24) is 5.32 Å². The number of nitrogens with one attached hydrogen (secondary N) is 1. The molecular formula is C18H31NO. The molecule has 114 valence electrons. The van der Waals surface area contributed by atoms with Crippen molar-refractivity contribution in [2.45, 2.75) is 65.3 Å². The number of rotatable bonds is 11. The monoisotopic (exact) mass is 277 g/mol. The third kappa shape index (κ3) is 7.54. The smallest absolute Gasteiger partial charge is 0.119 e. The first kappa shape index (κ1) is 17.0. The van der Waals surface area contributed by atoms with E-state index in [2.05, 4.69) is 50.4 Å². The van der Waals surface area contributed by atoms with Gasteiger partial charge in [0.25, 0.3) is 0 Å². The summed E-state index contributed by atoms with van der Waals surface area (Å²) in [4.78, 5) is 0. The molecule has 1 aromatic rings. The number of ether oxygens (including phenoxy) is 1. The Morgan fingerprint density at radius 1 is 1.05 bits per heavy atom. The summed E-state index contributed by atoms with van der Waals surface area (Å²) in [5, 5.41) is 3.50. The van der Waals surface area contributed by atoms with E-state index in [0.717, 1.165) is 25.3 Å². The molecule has 1 N–H and O–H groups in total. The van der Waals surface area contributed by atoms with Crippen LogP contribution in [0, 0.1) is 0 Å². The van der Waals surface area contributed by atoms with Gasteiger partial charge in [-0.25, -0.2) is 0 Å². The molecule has 0 fully saturated rings. The van der Waals surface area contributed by atoms with Crippen molar-refractivity contribution in [3.63, 3.8) is 0 Å². The van der Waals surface area contributed by atoms with Gasteiger partial charge in [0.1, 0.15) is 5.75 Å². The zero-order valence-electron chi connectivity index (χ0n) is 13.5. The van der Waals surface area contributed by atoms with E-state index < -0.39 is 0 Å². The molecule has 0 saturated heterocycles. The summed E-state index contributed by atoms with van der Waals surface area (Å²) in [5.41, 5.74) is 1.41. The zero-order chi connectivity index (χ0) is 14.6. The van der Waals surface area contributed by atoms with Crippen molar-refractivity contribution in [3.8, 4) is 5.75 Å². The van der Waals surface area contributed by atoms with Gasteiger partial charge in [-0.3, -0.25) is 0 Å². The van der Waals surface area contributed by atoms with Crippen molar-refractivity contribution in [1.29, 1.82) is 0 Å². The molecule has 0 amide bonds. The van der Waals surface area contributed by atoms with Gasteiger partial charge in [-0.1, -0.05) is 32.4 Å². The lowest BCUT2D eigenvalue weighted by molar-refractivity contribution is 0.298. The fraction of sp³-hybridized carbons (Fsp3) is 0.667. The molecule has 1 atom stereocenters. The predicted molar refractivity (Wildman–Crippen MR) is 87.5 cm³/mol. The summed E-state index contributed by atoms with van der Waals surface area (Å²) >= 11 is 0. The van der Waals surface area contributed by atoms with Gasteiger partial charge < -0.3 is 10.1 Å². The van der Waals surface area contributed by atoms with Crippen molar-refractivity contribution >= 4 is 0 Å². The molecule has 0 spiro atoms. The SMILES string of the molecule is CCCCc1ccc(OCCCC(C)NCCC)cc1. The van der Waals surface area contributed by atoms with Crippen LogP contribution in [-0.2, 0) is 6.42 Å². The number of aryl methyl sites for hydroxylation is 1. The lowest BCUT2D eigenvalue weighted by Crippen LogP contribution is -2.26. The topological polar surface area (TPSA) is 21.3 Å². The minimum atomic E-state index is 0.593. The second-order valence-corrected chi connectivity index (χ2v) is 5.59. The second kappa shape index (κ2) is 10.7. The first-order valence-electron chi connectivity index (χ1n) is 8.21. The van der Waals surface area contributed by atoms with E-state index in [1.165, 1.54) is 37.7 Å². The molecule has 0 radical (unpaired) electrons. The van der Waals surface area contributed by atoms with Crippen LogP contribution in [0.1, 0.15) is 58.4 Å². The second-order valence-electron chi connectivity index (χ2n) is 5.59. The van der Waals surface area contributed by atoms with E-state index in [1.54, 1.807) is 0 Å². The summed E-state index contributed by atoms with van der Waals surface area (Å²) in [6.07, 6.45) is 7.18. The van der Waals surface area contributed by atoms with Gasteiger partial charge >= 0.3 is 0 Å². The highest BCUT2D eigenvalue weighted by Crippen LogP contribution is 2.14. The largest absolute Gasteiger partial charge is 0.494 e. The average molecular weight is 277 g/mol. The van der Waals surface area contributed by atoms with Gasteiger partial charge in [0.15, 0.2) is 0 Å². The Morgan fingerprint density at radius 3 is 2.45 bits per heavy atom. The molecule has 2 heteroatoms. The Balaban J connectivity index is 2.15. The van der Waals surface area contributed by atoms with E-state index in [4.69, 9.17) is 4.74 Å². The number of hydrogen-bond donors (Lipinski definition) is 1. The number of unbranched alkanes of at least 4 members (excludes halogenated alkanes) is 1. The first-order chi connectivity index (χ1) is 9.76. The van der Waals surface area contributed by atoms with Crippen LogP contribution < -0.4 is 10.1 Å². The van der Waals surface area contributed by atoms with E-state index >= 15 is 0 Å². The molecule has 0 aliphatic rings. The molecule has 0 bridgehead atoms. The maximum Gasteiger partial charge on any atom is 0.119 e. The zero-order valence-corrected chi connectivity index (χ0v) is 13.5. The molecule has 0 aliphatic heterocycles. The molecule has 2 nitrogen and oxygen atoms in total. The van der Waals surface area contributed by atoms with E-state index in [1.807, 2.05) is 0 Å². The number of hydrogen-bond acceptors (Lipinski definition) is 2. The quantitative estimate of drug-likeness (QED) is 0.598. The molecule has 0 aromatic heterocycles. The third-order valence-corrected chi connectivity index (χ3v) is 3.54. The average Bonchev–Trinajstić information content (AvgIpc) is 2.48. The molecular weight excluding hydrogens is 246 g/mol. The molecule has 1 unspecified atom stereocenters. The predicted octanol–water partition coefficient (Wildman–Crippen LogP) is 4.58. The van der Waals surface area contributed by atoms with E-state index in [0.29, 0.717) is 6.04 Å². The lowest BCUT2D eigenvalue weighted by atomic mass is 10.1. The minimum Gasteiger partial charge on any atom is -0.494 e. The van der Waals surface area contributed by atoms with Crippen molar-refractivity contribution in [2.24, 2.45) is 0 Å². The summed E-state index contributed by atoms with van der Waals surface area (Å²) in [6, 6.07) is 9.18. The Kier molecular flexibility index (Phi) is 9.14. The van der Waals surface area contributed by atoms with Gasteiger partial charge in [0, 0.05) is 6.04 Å². The van der Waals surface area contributed by atoms with Gasteiger partial charge in [-0.2, -0.15) is 0 Å². The van der Waals surface area contributed by atoms with Crippen LogP contribution in [0.15, 0.2) is 24.3 Å². The maximum atomic E-state index is 5.79. The van der Waals surface area contributed by atoms with Gasteiger partial charge in [-0.15, -0.1) is 0 Å². The summed E-state index contributed by atoms with van der Waals surface area (Å²) < 4.78 is 5.79. The van der Waals surface area contributed by atoms with Gasteiger partial charge in [0.2, 0.25) is 0 Å². The van der Waals surface area contributed by atoms with Crippen molar-refractivity contribution in [2.75, 3.05) is 13.2 Å². The van der Waals surface area contributed by atoms with Crippen LogP contribution in [0.25, 0.3) is 0 Å². The van der Waals surface area contributed by atoms with E-state index in [9.17, 15) is 0 Å². The standard InChI is InChI=1S/C18H31NO/c1-4-6-9-17-10-12-18(13-11-17)20-15-7-8-16(3)19-14-5-2/h10-13,16,19H,4-9,14-15H2,1-3H3. The summed E-state index contributed by atoms with van der Waals surface area (Å²) in [5.74, 6) is 0.999. The van der Waals surface area contributed by atoms with Crippen LogP contribution in [0.5, 0.6) is 5.75 Å². The summed E-state index contributed by atoms with van der Waals surface area (Å²) in [7, 11) is 0. The molecule has 20 heavy (non-hydrogen) atoms. The van der Waals surface area contributed by atoms with Crippen molar-refractivity contribution < 1.29 is 4.74 Å². The Labute approximate surface area is 124 Å². The van der Waals surface area contributed by atoms with Gasteiger partial charge in [-0.05, 0) is 63.3 Å². The maximum absolute atomic E-state index is 5.79. The molecule has 1 aromatic carbocycles. The molecule has 0 aliphatic carbocycles. The van der Waals surface area contributed by atoms with Crippen LogP contribution in [-0.4, -0.2) is 19.2 Å². The molecule has 0 heterocycles. The Morgan fingerprint density at radius 2 is 1.80 bits per heavy atom. The Hall–Kier alpha value is -1.02. The fourth-order valence-electron chi connectivity index (χ4n) is 2.21. The van der Waals surface area contributed by atoms with Crippen LogP contribution in [0.4, 0.5) is 0 Å². The third-order valence-electron chi connectivity index (χ3n) is 3.54. The molecule has 0 saturated carbocycles. The highest BCUT2D eigenvalue weighted by Gasteiger charge is 2.01. The van der Waals surface area contributed by atoms with Crippen LogP contribution >= 0.6 is 0 Å². The highest BCUT2D eigenvalue weighted by molar-refractivity contribution is 5.27. The van der Waals surface area contributed by atoms with Crippen LogP contribution in [0.3, 0.4) is 0 Å². The van der Waals surface area contributed by atoms with Crippen LogP contribution in [0.2, 0.25) is 0 Å². The number of benzene rings is 1. The first-order valence-corrected chi connectivity index (χ1v) is 8.21. The normalized spacial score (nSPS) is 12.3.